The Morgan fingerprint density at radius 3 is 2.40 bits per heavy atom. The number of likely N-dealkylation sites (N-methyl/N-ethyl adjacent to an activating group) is 2. The van der Waals surface area contributed by atoms with E-state index in [1.807, 2.05) is 32.2 Å². The van der Waals surface area contributed by atoms with Crippen LogP contribution in [0.1, 0.15) is 12.5 Å². The third-order valence-electron chi connectivity index (χ3n) is 2.84. The molecule has 2 atom stereocenters. The van der Waals surface area contributed by atoms with Crippen LogP contribution in [0.4, 0.5) is 0 Å². The molecule has 3 heteroatoms. The van der Waals surface area contributed by atoms with E-state index in [4.69, 9.17) is 0 Å². The van der Waals surface area contributed by atoms with E-state index in [-0.39, 0.29) is 12.1 Å². The minimum atomic E-state index is 0.0928. The molecule has 0 unspecified atom stereocenters. The number of hydroxylamine groups is 2. The third kappa shape index (κ3) is 3.63. The molecule has 0 bridgehead atoms. The summed E-state index contributed by atoms with van der Waals surface area (Å²) in [6, 6.07) is 10.6. The Morgan fingerprint density at radius 1 is 1.33 bits per heavy atom. The molecule has 0 aliphatic heterocycles. The fraction of sp³-hybridized carbons (Fsp3) is 0.500. The molecule has 3 nitrogen and oxygen atoms in total. The molecule has 0 radical (unpaired) electrons. The summed E-state index contributed by atoms with van der Waals surface area (Å²) in [6.45, 7) is 2.00. The van der Waals surface area contributed by atoms with Crippen LogP contribution in [0.3, 0.4) is 0 Å². The summed E-state index contributed by atoms with van der Waals surface area (Å²) in [5.41, 5.74) is 1.28. The summed E-state index contributed by atoms with van der Waals surface area (Å²) < 4.78 is 0. The van der Waals surface area contributed by atoms with Crippen LogP contribution in [0, 0.1) is 0 Å². The molecule has 1 rings (SSSR count). The van der Waals surface area contributed by atoms with Crippen LogP contribution in [-0.2, 0) is 6.42 Å². The van der Waals surface area contributed by atoms with Crippen LogP contribution in [0.5, 0.6) is 0 Å². The van der Waals surface area contributed by atoms with Gasteiger partial charge in [0.1, 0.15) is 0 Å². The first-order valence-electron chi connectivity index (χ1n) is 5.28. The predicted octanol–water partition coefficient (Wildman–Crippen LogP) is 1.53. The Morgan fingerprint density at radius 2 is 1.93 bits per heavy atom. The highest BCUT2D eigenvalue weighted by Crippen LogP contribution is 2.08. The minimum absolute atomic E-state index is 0.0928. The normalized spacial score (nSPS) is 15.3. The molecule has 0 fully saturated rings. The Labute approximate surface area is 91.7 Å². The lowest BCUT2D eigenvalue weighted by molar-refractivity contribution is -0.105. The number of nitrogens with one attached hydrogen (secondary N) is 1. The Hall–Kier alpha value is -0.900. The zero-order chi connectivity index (χ0) is 11.3. The van der Waals surface area contributed by atoms with Gasteiger partial charge in [-0.05, 0) is 26.0 Å². The van der Waals surface area contributed by atoms with Crippen LogP contribution in [0.2, 0.25) is 0 Å². The van der Waals surface area contributed by atoms with E-state index in [0.717, 1.165) is 6.42 Å². The molecule has 1 aromatic rings. The largest absolute Gasteiger partial charge is 0.315 e. The third-order valence-corrected chi connectivity index (χ3v) is 2.84. The quantitative estimate of drug-likeness (QED) is 0.720. The molecule has 0 aliphatic rings. The first-order chi connectivity index (χ1) is 7.15. The van der Waals surface area contributed by atoms with Crippen molar-refractivity contribution in [2.24, 2.45) is 0 Å². The first-order valence-corrected chi connectivity index (χ1v) is 5.28. The van der Waals surface area contributed by atoms with Gasteiger partial charge in [0.15, 0.2) is 0 Å². The van der Waals surface area contributed by atoms with E-state index in [1.165, 1.54) is 10.6 Å². The molecule has 0 aliphatic carbocycles. The smallest absolute Gasteiger partial charge is 0.0475 e. The van der Waals surface area contributed by atoms with Gasteiger partial charge < -0.3 is 10.5 Å². The number of hydrogen-bond donors (Lipinski definition) is 2. The monoisotopic (exact) mass is 208 g/mol. The van der Waals surface area contributed by atoms with E-state index in [2.05, 4.69) is 17.4 Å². The summed E-state index contributed by atoms with van der Waals surface area (Å²) in [5, 5.41) is 13.9. The van der Waals surface area contributed by atoms with Crippen molar-refractivity contribution in [1.29, 1.82) is 0 Å². The summed E-state index contributed by atoms with van der Waals surface area (Å²) in [6.07, 6.45) is 0.920. The van der Waals surface area contributed by atoms with Gasteiger partial charge in [0, 0.05) is 19.1 Å². The summed E-state index contributed by atoms with van der Waals surface area (Å²) in [4.78, 5) is 0. The average molecular weight is 208 g/mol. The topological polar surface area (TPSA) is 35.5 Å². The number of nitrogens with zero attached hydrogens (tertiary/aromatic N) is 1. The second-order valence-corrected chi connectivity index (χ2v) is 3.90. The molecule has 0 saturated heterocycles. The van der Waals surface area contributed by atoms with Crippen LogP contribution >= 0.6 is 0 Å². The highest BCUT2D eigenvalue weighted by Gasteiger charge is 2.18. The van der Waals surface area contributed by atoms with E-state index >= 15 is 0 Å². The van der Waals surface area contributed by atoms with Crippen molar-refractivity contribution in [2.75, 3.05) is 14.1 Å². The van der Waals surface area contributed by atoms with Gasteiger partial charge in [-0.15, -0.1) is 0 Å². The SMILES string of the molecule is CN[C@@H](Cc1ccccc1)[C@H](C)N(C)O. The van der Waals surface area contributed by atoms with Crippen molar-refractivity contribution >= 4 is 0 Å². The lowest BCUT2D eigenvalue weighted by atomic mass is 10.0. The van der Waals surface area contributed by atoms with E-state index in [9.17, 15) is 5.21 Å². The van der Waals surface area contributed by atoms with Gasteiger partial charge in [0.05, 0.1) is 0 Å². The van der Waals surface area contributed by atoms with Crippen LogP contribution in [0.15, 0.2) is 30.3 Å². The van der Waals surface area contributed by atoms with Crippen LogP contribution in [0.25, 0.3) is 0 Å². The Kier molecular flexibility index (Phi) is 4.75. The van der Waals surface area contributed by atoms with Crippen LogP contribution in [-0.4, -0.2) is 36.4 Å². The van der Waals surface area contributed by atoms with E-state index < -0.39 is 0 Å². The maximum absolute atomic E-state index is 9.39. The van der Waals surface area contributed by atoms with Gasteiger partial charge in [0.25, 0.3) is 0 Å². The fourth-order valence-electron chi connectivity index (χ4n) is 1.64. The predicted molar refractivity (Wildman–Crippen MR) is 62.0 cm³/mol. The summed E-state index contributed by atoms with van der Waals surface area (Å²) in [5.74, 6) is 0. The fourth-order valence-corrected chi connectivity index (χ4v) is 1.64. The van der Waals surface area contributed by atoms with Crippen molar-refractivity contribution in [3.63, 3.8) is 0 Å². The highest BCUT2D eigenvalue weighted by atomic mass is 16.5. The van der Waals surface area contributed by atoms with Crippen molar-refractivity contribution in [3.05, 3.63) is 35.9 Å². The van der Waals surface area contributed by atoms with E-state index in [1.54, 1.807) is 7.05 Å². The molecule has 1 aromatic carbocycles. The summed E-state index contributed by atoms with van der Waals surface area (Å²) in [7, 11) is 3.60. The van der Waals surface area contributed by atoms with Gasteiger partial charge in [-0.2, -0.15) is 5.06 Å². The molecular weight excluding hydrogens is 188 g/mol. The maximum Gasteiger partial charge on any atom is 0.0475 e. The highest BCUT2D eigenvalue weighted by molar-refractivity contribution is 5.16. The minimum Gasteiger partial charge on any atom is -0.315 e. The second kappa shape index (κ2) is 5.85. The molecule has 15 heavy (non-hydrogen) atoms. The molecule has 0 saturated carbocycles. The molecule has 84 valence electrons. The molecule has 0 spiro atoms. The standard InChI is InChI=1S/C12H20N2O/c1-10(14(3)15)12(13-2)9-11-7-5-4-6-8-11/h4-8,10,12-13,15H,9H2,1-3H3/t10-,12-/m0/s1. The van der Waals surface area contributed by atoms with E-state index in [0.29, 0.717) is 0 Å². The second-order valence-electron chi connectivity index (χ2n) is 3.90. The first kappa shape index (κ1) is 12.2. The number of rotatable bonds is 5. The number of benzene rings is 1. The molecule has 2 N–H and O–H groups in total. The summed E-state index contributed by atoms with van der Waals surface area (Å²) >= 11 is 0. The number of hydrogen-bond acceptors (Lipinski definition) is 3. The lowest BCUT2D eigenvalue weighted by Crippen LogP contribution is -2.45. The molecule has 0 aromatic heterocycles. The van der Waals surface area contributed by atoms with Crippen molar-refractivity contribution in [2.45, 2.75) is 25.4 Å². The zero-order valence-electron chi connectivity index (χ0n) is 9.64. The Balaban J connectivity index is 2.62. The van der Waals surface area contributed by atoms with Crippen molar-refractivity contribution in [3.8, 4) is 0 Å². The van der Waals surface area contributed by atoms with Crippen molar-refractivity contribution < 1.29 is 5.21 Å². The van der Waals surface area contributed by atoms with Gasteiger partial charge in [-0.25, -0.2) is 0 Å². The van der Waals surface area contributed by atoms with Crippen LogP contribution < -0.4 is 5.32 Å². The zero-order valence-corrected chi connectivity index (χ0v) is 9.64. The maximum atomic E-state index is 9.39. The van der Waals surface area contributed by atoms with Gasteiger partial charge >= 0.3 is 0 Å². The molecule has 0 amide bonds. The van der Waals surface area contributed by atoms with Crippen molar-refractivity contribution in [1.82, 2.24) is 10.4 Å². The molecular formula is C12H20N2O. The van der Waals surface area contributed by atoms with Gasteiger partial charge in [0.2, 0.25) is 0 Å². The van der Waals surface area contributed by atoms with Gasteiger partial charge in [-0.1, -0.05) is 30.3 Å². The average Bonchev–Trinajstić information content (AvgIpc) is 2.26. The van der Waals surface area contributed by atoms with Gasteiger partial charge in [-0.3, -0.25) is 0 Å². The lowest BCUT2D eigenvalue weighted by Gasteiger charge is -2.27. The Bertz CT molecular complexity index is 274. The molecule has 0 heterocycles.